The highest BCUT2D eigenvalue weighted by molar-refractivity contribution is 7.12. The zero-order valence-electron chi connectivity index (χ0n) is 11.6. The van der Waals surface area contributed by atoms with Gasteiger partial charge in [0.15, 0.2) is 0 Å². The average Bonchev–Trinajstić information content (AvgIpc) is 3.17. The van der Waals surface area contributed by atoms with Crippen LogP contribution in [-0.4, -0.2) is 11.5 Å². The highest BCUT2D eigenvalue weighted by Crippen LogP contribution is 2.54. The van der Waals surface area contributed by atoms with Gasteiger partial charge in [-0.2, -0.15) is 0 Å². The van der Waals surface area contributed by atoms with Gasteiger partial charge in [-0.25, -0.2) is 4.98 Å². The Bertz CT molecular complexity index is 555. The van der Waals surface area contributed by atoms with Crippen molar-refractivity contribution in [2.75, 3.05) is 6.54 Å². The average molecular weight is 272 g/mol. The first-order valence-corrected chi connectivity index (χ1v) is 7.81. The number of hydrogen-bond donors (Lipinski definition) is 1. The lowest BCUT2D eigenvalue weighted by Crippen LogP contribution is -2.11. The summed E-state index contributed by atoms with van der Waals surface area (Å²) >= 11 is 1.89. The molecule has 0 unspecified atom stereocenters. The second kappa shape index (κ2) is 5.06. The highest BCUT2D eigenvalue weighted by atomic mass is 32.1. The number of nitrogens with one attached hydrogen (secondary N) is 1. The van der Waals surface area contributed by atoms with E-state index >= 15 is 0 Å². The molecule has 1 heterocycles. The van der Waals surface area contributed by atoms with Crippen LogP contribution in [0, 0.1) is 6.92 Å². The molecule has 0 saturated heterocycles. The summed E-state index contributed by atoms with van der Waals surface area (Å²) in [5.41, 5.74) is 2.85. The third-order valence-electron chi connectivity index (χ3n) is 3.91. The molecular weight excluding hydrogens is 252 g/mol. The van der Waals surface area contributed by atoms with E-state index in [1.54, 1.807) is 0 Å². The zero-order valence-corrected chi connectivity index (χ0v) is 12.4. The van der Waals surface area contributed by atoms with Crippen LogP contribution in [0.5, 0.6) is 0 Å². The van der Waals surface area contributed by atoms with Gasteiger partial charge in [0, 0.05) is 16.8 Å². The lowest BCUT2D eigenvalue weighted by atomic mass is 9.97. The number of hydrogen-bond acceptors (Lipinski definition) is 3. The molecule has 1 N–H and O–H groups in total. The number of aromatic nitrogens is 1. The van der Waals surface area contributed by atoms with Crippen molar-refractivity contribution >= 4 is 11.3 Å². The van der Waals surface area contributed by atoms with E-state index in [1.807, 2.05) is 11.3 Å². The summed E-state index contributed by atoms with van der Waals surface area (Å²) in [6.07, 6.45) is 2.48. The molecule has 1 fully saturated rings. The van der Waals surface area contributed by atoms with Crippen LogP contribution in [0.3, 0.4) is 0 Å². The fourth-order valence-electron chi connectivity index (χ4n) is 2.54. The molecule has 1 aliphatic rings. The first-order chi connectivity index (χ1) is 9.26. The van der Waals surface area contributed by atoms with Crippen molar-refractivity contribution < 1.29 is 0 Å². The first kappa shape index (κ1) is 12.8. The largest absolute Gasteiger partial charge is 0.312 e. The number of nitrogens with zero attached hydrogens (tertiary/aromatic N) is 1. The smallest absolute Gasteiger partial charge is 0.104 e. The van der Waals surface area contributed by atoms with Crippen molar-refractivity contribution in [3.8, 4) is 0 Å². The van der Waals surface area contributed by atoms with E-state index in [-0.39, 0.29) is 5.41 Å². The summed E-state index contributed by atoms with van der Waals surface area (Å²) < 4.78 is 0. The normalized spacial score (nSPS) is 16.5. The van der Waals surface area contributed by atoms with Gasteiger partial charge in [0.2, 0.25) is 0 Å². The number of rotatable bonds is 5. The third kappa shape index (κ3) is 2.33. The van der Waals surface area contributed by atoms with Crippen LogP contribution >= 0.6 is 11.3 Å². The number of thiazole rings is 1. The third-order valence-corrected chi connectivity index (χ3v) is 5.28. The molecule has 1 aromatic carbocycles. The number of aryl methyl sites for hydroxylation is 1. The van der Waals surface area contributed by atoms with Gasteiger partial charge in [0.1, 0.15) is 5.01 Å². The molecule has 1 aliphatic carbocycles. The van der Waals surface area contributed by atoms with Crippen molar-refractivity contribution in [1.29, 1.82) is 0 Å². The van der Waals surface area contributed by atoms with E-state index in [1.165, 1.54) is 34.0 Å². The molecule has 0 spiro atoms. The highest BCUT2D eigenvalue weighted by Gasteiger charge is 2.48. The minimum Gasteiger partial charge on any atom is -0.312 e. The molecule has 100 valence electrons. The summed E-state index contributed by atoms with van der Waals surface area (Å²) in [4.78, 5) is 6.24. The van der Waals surface area contributed by atoms with Crippen LogP contribution in [0.4, 0.5) is 0 Å². The van der Waals surface area contributed by atoms with Crippen LogP contribution in [0.2, 0.25) is 0 Å². The van der Waals surface area contributed by atoms with Gasteiger partial charge in [-0.15, -0.1) is 11.3 Å². The molecule has 0 aliphatic heterocycles. The van der Waals surface area contributed by atoms with E-state index in [4.69, 9.17) is 4.98 Å². The maximum Gasteiger partial charge on any atom is 0.104 e. The van der Waals surface area contributed by atoms with E-state index in [2.05, 4.69) is 49.5 Å². The molecule has 3 rings (SSSR count). The van der Waals surface area contributed by atoms with E-state index in [9.17, 15) is 0 Å². The van der Waals surface area contributed by atoms with Crippen molar-refractivity contribution in [1.82, 2.24) is 10.3 Å². The SMILES string of the molecule is CCNCc1sc(C2(c3ccccc3)CC2)nc1C. The molecular formula is C16H20N2S. The molecule has 0 atom stereocenters. The van der Waals surface area contributed by atoms with E-state index < -0.39 is 0 Å². The van der Waals surface area contributed by atoms with E-state index in [0.717, 1.165) is 13.1 Å². The minimum atomic E-state index is 0.223. The molecule has 0 radical (unpaired) electrons. The minimum absolute atomic E-state index is 0.223. The number of benzene rings is 1. The fourth-order valence-corrected chi connectivity index (χ4v) is 3.84. The Hall–Kier alpha value is -1.19. The van der Waals surface area contributed by atoms with Gasteiger partial charge in [-0.3, -0.25) is 0 Å². The molecule has 1 aromatic heterocycles. The Morgan fingerprint density at radius 1 is 1.26 bits per heavy atom. The first-order valence-electron chi connectivity index (χ1n) is 6.99. The van der Waals surface area contributed by atoms with Crippen molar-refractivity contribution in [2.24, 2.45) is 0 Å². The fraction of sp³-hybridized carbons (Fsp3) is 0.438. The van der Waals surface area contributed by atoms with Crippen molar-refractivity contribution in [2.45, 2.75) is 38.6 Å². The van der Waals surface area contributed by atoms with Gasteiger partial charge in [0.25, 0.3) is 0 Å². The Kier molecular flexibility index (Phi) is 3.42. The van der Waals surface area contributed by atoms with Gasteiger partial charge in [0.05, 0.1) is 5.69 Å². The molecule has 3 heteroatoms. The van der Waals surface area contributed by atoms with Crippen LogP contribution in [0.1, 0.15) is 40.9 Å². The Balaban J connectivity index is 1.90. The lowest BCUT2D eigenvalue weighted by molar-refractivity contribution is 0.730. The van der Waals surface area contributed by atoms with Crippen LogP contribution in [0.15, 0.2) is 30.3 Å². The molecule has 0 bridgehead atoms. The van der Waals surface area contributed by atoms with Crippen LogP contribution < -0.4 is 5.32 Å². The molecule has 2 aromatic rings. The van der Waals surface area contributed by atoms with Crippen molar-refractivity contribution in [3.63, 3.8) is 0 Å². The van der Waals surface area contributed by atoms with Crippen molar-refractivity contribution in [3.05, 3.63) is 51.5 Å². The summed E-state index contributed by atoms with van der Waals surface area (Å²) in [7, 11) is 0. The molecule has 1 saturated carbocycles. The van der Waals surface area contributed by atoms with Gasteiger partial charge < -0.3 is 5.32 Å². The zero-order chi connectivity index (χ0) is 13.3. The summed E-state index contributed by atoms with van der Waals surface area (Å²) in [6, 6.07) is 10.8. The molecule has 0 amide bonds. The maximum absolute atomic E-state index is 4.85. The van der Waals surface area contributed by atoms with Gasteiger partial charge >= 0.3 is 0 Å². The predicted octanol–water partition coefficient (Wildman–Crippen LogP) is 3.64. The van der Waals surface area contributed by atoms with Crippen LogP contribution in [-0.2, 0) is 12.0 Å². The predicted molar refractivity (Wildman–Crippen MR) is 80.7 cm³/mol. The van der Waals surface area contributed by atoms with Gasteiger partial charge in [-0.05, 0) is 31.9 Å². The second-order valence-corrected chi connectivity index (χ2v) is 6.34. The maximum atomic E-state index is 4.85. The second-order valence-electron chi connectivity index (χ2n) is 5.26. The Labute approximate surface area is 118 Å². The topological polar surface area (TPSA) is 24.9 Å². The summed E-state index contributed by atoms with van der Waals surface area (Å²) in [5, 5.41) is 4.71. The van der Waals surface area contributed by atoms with Gasteiger partial charge in [-0.1, -0.05) is 37.3 Å². The van der Waals surface area contributed by atoms with E-state index in [0.29, 0.717) is 0 Å². The Morgan fingerprint density at radius 3 is 2.63 bits per heavy atom. The molecule has 2 nitrogen and oxygen atoms in total. The lowest BCUT2D eigenvalue weighted by Gasteiger charge is -2.12. The Morgan fingerprint density at radius 2 is 2.00 bits per heavy atom. The quantitative estimate of drug-likeness (QED) is 0.899. The van der Waals surface area contributed by atoms with Crippen LogP contribution in [0.25, 0.3) is 0 Å². The molecule has 19 heavy (non-hydrogen) atoms. The summed E-state index contributed by atoms with van der Waals surface area (Å²) in [5.74, 6) is 0. The standard InChI is InChI=1S/C16H20N2S/c1-3-17-11-14-12(2)18-15(19-14)16(9-10-16)13-7-5-4-6-8-13/h4-8,17H,3,9-11H2,1-2H3. The summed E-state index contributed by atoms with van der Waals surface area (Å²) in [6.45, 7) is 6.23. The monoisotopic (exact) mass is 272 g/mol.